The molecule has 1 aliphatic heterocycles. The summed E-state index contributed by atoms with van der Waals surface area (Å²) in [7, 11) is 0. The molecule has 27 heavy (non-hydrogen) atoms. The Morgan fingerprint density at radius 3 is 2.63 bits per heavy atom. The summed E-state index contributed by atoms with van der Waals surface area (Å²) < 4.78 is 14.4. The molecule has 1 saturated heterocycles. The smallest absolute Gasteiger partial charge is 0.223 e. The van der Waals surface area contributed by atoms with Crippen molar-refractivity contribution in [1.29, 1.82) is 0 Å². The summed E-state index contributed by atoms with van der Waals surface area (Å²) in [6, 6.07) is 17.5. The van der Waals surface area contributed by atoms with Crippen LogP contribution in [0.2, 0.25) is 0 Å². The molecule has 5 nitrogen and oxygen atoms in total. The van der Waals surface area contributed by atoms with Crippen molar-refractivity contribution in [2.75, 3.05) is 11.9 Å². The number of carbonyl (C=O) groups excluding carboxylic acids is 1. The van der Waals surface area contributed by atoms with Gasteiger partial charge in [0.25, 0.3) is 0 Å². The molecule has 1 aliphatic rings. The van der Waals surface area contributed by atoms with Crippen LogP contribution in [0.3, 0.4) is 0 Å². The molecule has 2 N–H and O–H groups in total. The Balaban J connectivity index is 1.63. The average Bonchev–Trinajstić information content (AvgIpc) is 2.70. The maximum atomic E-state index is 14.4. The number of aromatic nitrogens is 2. The van der Waals surface area contributed by atoms with Crippen LogP contribution < -0.4 is 10.6 Å². The van der Waals surface area contributed by atoms with Crippen LogP contribution in [0.25, 0.3) is 22.4 Å². The van der Waals surface area contributed by atoms with Crippen LogP contribution in [0, 0.1) is 5.82 Å². The number of rotatable bonds is 4. The summed E-state index contributed by atoms with van der Waals surface area (Å²) in [6.45, 7) is 0.615. The van der Waals surface area contributed by atoms with E-state index in [1.165, 1.54) is 6.20 Å². The minimum Gasteiger partial charge on any atom is -0.356 e. The first-order valence-corrected chi connectivity index (χ1v) is 8.91. The Morgan fingerprint density at radius 2 is 1.81 bits per heavy atom. The monoisotopic (exact) mass is 362 g/mol. The normalized spacial score (nSPS) is 16.6. The quantitative estimate of drug-likeness (QED) is 0.744. The highest BCUT2D eigenvalue weighted by atomic mass is 19.1. The highest BCUT2D eigenvalue weighted by Gasteiger charge is 2.20. The molecule has 1 atom stereocenters. The first-order chi connectivity index (χ1) is 13.2. The van der Waals surface area contributed by atoms with Crippen molar-refractivity contribution in [3.05, 3.63) is 66.6 Å². The zero-order valence-corrected chi connectivity index (χ0v) is 14.7. The minimum atomic E-state index is -0.479. The van der Waals surface area contributed by atoms with Crippen molar-refractivity contribution >= 4 is 11.9 Å². The lowest BCUT2D eigenvalue weighted by Crippen LogP contribution is -2.40. The molecule has 3 aromatic rings. The van der Waals surface area contributed by atoms with E-state index in [9.17, 15) is 9.18 Å². The van der Waals surface area contributed by atoms with Gasteiger partial charge in [0, 0.05) is 24.6 Å². The molecule has 2 aromatic carbocycles. The van der Waals surface area contributed by atoms with Gasteiger partial charge in [0.2, 0.25) is 11.9 Å². The minimum absolute atomic E-state index is 0.00310. The standard InChI is InChI=1S/C21H19FN4O/c22-18-13-24-21(25-17-9-10-23-19(27)12-17)26-20(18)16-8-4-7-15(11-16)14-5-2-1-3-6-14/h1-8,11,13,17H,9-10,12H2,(H,23,27)(H,24,25,26). The molecular weight excluding hydrogens is 343 g/mol. The van der Waals surface area contributed by atoms with Gasteiger partial charge in [-0.1, -0.05) is 48.5 Å². The average molecular weight is 362 g/mol. The van der Waals surface area contributed by atoms with E-state index in [1.54, 1.807) is 0 Å². The number of amides is 1. The second-order valence-corrected chi connectivity index (χ2v) is 6.52. The number of hydrogen-bond acceptors (Lipinski definition) is 4. The lowest BCUT2D eigenvalue weighted by Gasteiger charge is -2.23. The van der Waals surface area contributed by atoms with Crippen LogP contribution >= 0.6 is 0 Å². The molecule has 1 amide bonds. The molecule has 1 fully saturated rings. The Morgan fingerprint density at radius 1 is 1.04 bits per heavy atom. The zero-order valence-electron chi connectivity index (χ0n) is 14.7. The molecule has 4 rings (SSSR count). The fraction of sp³-hybridized carbons (Fsp3) is 0.190. The number of anilines is 1. The van der Waals surface area contributed by atoms with Gasteiger partial charge in [-0.3, -0.25) is 4.79 Å². The van der Waals surface area contributed by atoms with Crippen molar-refractivity contribution in [3.63, 3.8) is 0 Å². The second-order valence-electron chi connectivity index (χ2n) is 6.52. The van der Waals surface area contributed by atoms with Gasteiger partial charge in [0.1, 0.15) is 5.69 Å². The van der Waals surface area contributed by atoms with Crippen LogP contribution in [0.15, 0.2) is 60.8 Å². The van der Waals surface area contributed by atoms with Crippen LogP contribution in [-0.2, 0) is 4.79 Å². The van der Waals surface area contributed by atoms with Crippen molar-refractivity contribution < 1.29 is 9.18 Å². The lowest BCUT2D eigenvalue weighted by molar-refractivity contribution is -0.122. The van der Waals surface area contributed by atoms with E-state index >= 15 is 0 Å². The molecule has 6 heteroatoms. The first-order valence-electron chi connectivity index (χ1n) is 8.91. The second kappa shape index (κ2) is 7.53. The number of nitrogens with one attached hydrogen (secondary N) is 2. The zero-order chi connectivity index (χ0) is 18.6. The van der Waals surface area contributed by atoms with Gasteiger partial charge < -0.3 is 10.6 Å². The van der Waals surface area contributed by atoms with Crippen LogP contribution in [0.5, 0.6) is 0 Å². The summed E-state index contributed by atoms with van der Waals surface area (Å²) in [6.07, 6.45) is 2.31. The Bertz CT molecular complexity index is 961. The molecule has 0 radical (unpaired) electrons. The highest BCUT2D eigenvalue weighted by Crippen LogP contribution is 2.27. The maximum Gasteiger partial charge on any atom is 0.223 e. The van der Waals surface area contributed by atoms with Gasteiger partial charge in [-0.05, 0) is 23.6 Å². The van der Waals surface area contributed by atoms with Crippen LogP contribution in [-0.4, -0.2) is 28.5 Å². The Hall–Kier alpha value is -3.28. The summed E-state index contributed by atoms with van der Waals surface area (Å²) in [5.41, 5.74) is 2.97. The summed E-state index contributed by atoms with van der Waals surface area (Å²) in [5, 5.41) is 5.93. The summed E-state index contributed by atoms with van der Waals surface area (Å²) >= 11 is 0. The number of piperidine rings is 1. The van der Waals surface area contributed by atoms with Crippen molar-refractivity contribution in [1.82, 2.24) is 15.3 Å². The highest BCUT2D eigenvalue weighted by molar-refractivity contribution is 5.78. The third-order valence-electron chi connectivity index (χ3n) is 4.57. The van der Waals surface area contributed by atoms with Gasteiger partial charge in [-0.15, -0.1) is 0 Å². The van der Waals surface area contributed by atoms with E-state index in [1.807, 2.05) is 54.6 Å². The van der Waals surface area contributed by atoms with Gasteiger partial charge in [0.15, 0.2) is 5.82 Å². The van der Waals surface area contributed by atoms with Crippen LogP contribution in [0.1, 0.15) is 12.8 Å². The molecular formula is C21H19FN4O. The lowest BCUT2D eigenvalue weighted by atomic mass is 10.0. The summed E-state index contributed by atoms with van der Waals surface area (Å²) in [5.74, 6) is -0.153. The van der Waals surface area contributed by atoms with E-state index < -0.39 is 5.82 Å². The van der Waals surface area contributed by atoms with E-state index in [2.05, 4.69) is 20.6 Å². The van der Waals surface area contributed by atoms with Gasteiger partial charge in [0.05, 0.1) is 6.20 Å². The van der Waals surface area contributed by atoms with E-state index in [0.717, 1.165) is 17.5 Å². The third kappa shape index (κ3) is 3.95. The van der Waals surface area contributed by atoms with E-state index in [4.69, 9.17) is 0 Å². The topological polar surface area (TPSA) is 66.9 Å². The van der Waals surface area contributed by atoms with Crippen molar-refractivity contribution in [2.24, 2.45) is 0 Å². The largest absolute Gasteiger partial charge is 0.356 e. The predicted molar refractivity (Wildman–Crippen MR) is 103 cm³/mol. The Kier molecular flexibility index (Phi) is 4.78. The van der Waals surface area contributed by atoms with Crippen LogP contribution in [0.4, 0.5) is 10.3 Å². The SMILES string of the molecule is O=C1CC(Nc2ncc(F)c(-c3cccc(-c4ccccc4)c3)n2)CCN1. The predicted octanol–water partition coefficient (Wildman–Crippen LogP) is 3.64. The van der Waals surface area contributed by atoms with E-state index in [-0.39, 0.29) is 17.6 Å². The van der Waals surface area contributed by atoms with Gasteiger partial charge in [-0.2, -0.15) is 0 Å². The summed E-state index contributed by atoms with van der Waals surface area (Å²) in [4.78, 5) is 19.9. The first kappa shape index (κ1) is 17.1. The third-order valence-corrected chi connectivity index (χ3v) is 4.57. The molecule has 0 saturated carbocycles. The Labute approximate surface area is 156 Å². The number of benzene rings is 2. The molecule has 0 bridgehead atoms. The molecule has 136 valence electrons. The van der Waals surface area contributed by atoms with E-state index in [0.29, 0.717) is 24.5 Å². The fourth-order valence-corrected chi connectivity index (χ4v) is 3.21. The molecule has 1 aromatic heterocycles. The van der Waals surface area contributed by atoms with Gasteiger partial charge in [-0.25, -0.2) is 14.4 Å². The molecule has 0 spiro atoms. The number of hydrogen-bond donors (Lipinski definition) is 2. The van der Waals surface area contributed by atoms with Crippen molar-refractivity contribution in [2.45, 2.75) is 18.9 Å². The molecule has 0 aliphatic carbocycles. The van der Waals surface area contributed by atoms with Gasteiger partial charge >= 0.3 is 0 Å². The number of carbonyl (C=O) groups is 1. The molecule has 2 heterocycles. The maximum absolute atomic E-state index is 14.4. The fourth-order valence-electron chi connectivity index (χ4n) is 3.21. The number of halogens is 1. The molecule has 1 unspecified atom stereocenters. The van der Waals surface area contributed by atoms with Crippen molar-refractivity contribution in [3.8, 4) is 22.4 Å². The number of nitrogens with zero attached hydrogens (tertiary/aromatic N) is 2.